The maximum atomic E-state index is 12.9. The van der Waals surface area contributed by atoms with Gasteiger partial charge in [-0.25, -0.2) is 0 Å². The van der Waals surface area contributed by atoms with Gasteiger partial charge in [-0.1, -0.05) is 6.07 Å². The number of carbonyl (C=O) groups excluding carboxylic acids is 1. The summed E-state index contributed by atoms with van der Waals surface area (Å²) in [6, 6.07) is 4.99. The number of methoxy groups -OCH3 is 2. The monoisotopic (exact) mass is 345 g/mol. The lowest BCUT2D eigenvalue weighted by Crippen LogP contribution is -2.41. The number of hydrogen-bond donors (Lipinski definition) is 2. The van der Waals surface area contributed by atoms with E-state index in [1.54, 1.807) is 29.1 Å². The molecule has 1 aliphatic carbocycles. The van der Waals surface area contributed by atoms with Crippen LogP contribution < -0.4 is 14.8 Å². The number of para-hydroxylation sites is 1. The van der Waals surface area contributed by atoms with Crippen molar-refractivity contribution >= 4 is 5.91 Å². The van der Waals surface area contributed by atoms with E-state index in [0.717, 1.165) is 5.56 Å². The van der Waals surface area contributed by atoms with Crippen LogP contribution in [-0.2, 0) is 7.05 Å². The average molecular weight is 345 g/mol. The lowest BCUT2D eigenvalue weighted by molar-refractivity contribution is 0.0235. The van der Waals surface area contributed by atoms with Crippen molar-refractivity contribution in [1.82, 2.24) is 15.1 Å². The molecule has 7 nitrogen and oxygen atoms in total. The van der Waals surface area contributed by atoms with E-state index in [0.29, 0.717) is 29.9 Å². The maximum Gasteiger partial charge on any atom is 0.255 e. The number of aliphatic hydroxyl groups is 1. The predicted molar refractivity (Wildman–Crippen MR) is 91.7 cm³/mol. The Kier molecular flexibility index (Phi) is 4.94. The maximum absolute atomic E-state index is 12.9. The second-order valence-corrected chi connectivity index (χ2v) is 6.32. The number of benzene rings is 1. The molecule has 1 atom stereocenters. The quantitative estimate of drug-likeness (QED) is 0.832. The fourth-order valence-corrected chi connectivity index (χ4v) is 3.26. The van der Waals surface area contributed by atoms with E-state index in [-0.39, 0.29) is 24.0 Å². The summed E-state index contributed by atoms with van der Waals surface area (Å²) in [7, 11) is 4.88. The molecule has 0 radical (unpaired) electrons. The first-order valence-corrected chi connectivity index (χ1v) is 8.22. The molecule has 25 heavy (non-hydrogen) atoms. The van der Waals surface area contributed by atoms with Gasteiger partial charge < -0.3 is 19.9 Å². The number of aliphatic hydroxyl groups excluding tert-OH is 1. The van der Waals surface area contributed by atoms with E-state index >= 15 is 0 Å². The second-order valence-electron chi connectivity index (χ2n) is 6.32. The molecule has 1 aromatic carbocycles. The summed E-state index contributed by atoms with van der Waals surface area (Å²) in [5.74, 6) is 0.846. The topological polar surface area (TPSA) is 85.6 Å². The van der Waals surface area contributed by atoms with E-state index in [4.69, 9.17) is 9.47 Å². The molecule has 1 fully saturated rings. The van der Waals surface area contributed by atoms with Crippen molar-refractivity contribution in [3.05, 3.63) is 41.7 Å². The first kappa shape index (κ1) is 17.3. The van der Waals surface area contributed by atoms with Gasteiger partial charge in [-0.15, -0.1) is 0 Å². The highest BCUT2D eigenvalue weighted by molar-refractivity contribution is 5.98. The van der Waals surface area contributed by atoms with Crippen molar-refractivity contribution in [2.24, 2.45) is 13.0 Å². The zero-order valence-corrected chi connectivity index (χ0v) is 14.6. The Hall–Kier alpha value is -2.54. The highest BCUT2D eigenvalue weighted by Gasteiger charge is 2.36. The van der Waals surface area contributed by atoms with Gasteiger partial charge in [0.05, 0.1) is 38.1 Å². The third-order valence-electron chi connectivity index (χ3n) is 4.64. The van der Waals surface area contributed by atoms with Crippen LogP contribution in [0.15, 0.2) is 30.6 Å². The molecule has 1 saturated carbocycles. The largest absolute Gasteiger partial charge is 0.493 e. The number of rotatable bonds is 6. The third kappa shape index (κ3) is 3.46. The minimum atomic E-state index is -0.299. The molecule has 2 N–H and O–H groups in total. The molecule has 1 aromatic heterocycles. The summed E-state index contributed by atoms with van der Waals surface area (Å²) in [6.07, 6.45) is 4.66. The van der Waals surface area contributed by atoms with Crippen LogP contribution in [0, 0.1) is 5.92 Å². The molecule has 3 rings (SSSR count). The van der Waals surface area contributed by atoms with Crippen LogP contribution >= 0.6 is 0 Å². The van der Waals surface area contributed by atoms with Crippen LogP contribution in [0.5, 0.6) is 11.5 Å². The number of ether oxygens (including phenoxy) is 2. The molecule has 1 aliphatic rings. The summed E-state index contributed by atoms with van der Waals surface area (Å²) in [5, 5.41) is 16.9. The molecule has 1 unspecified atom stereocenters. The van der Waals surface area contributed by atoms with Crippen molar-refractivity contribution in [3.63, 3.8) is 0 Å². The normalized spacial score (nSPS) is 20.5. The van der Waals surface area contributed by atoms with Crippen LogP contribution in [0.4, 0.5) is 0 Å². The number of carbonyl (C=O) groups is 1. The van der Waals surface area contributed by atoms with Gasteiger partial charge in [-0.05, 0) is 30.9 Å². The highest BCUT2D eigenvalue weighted by atomic mass is 16.5. The SMILES string of the molecule is COc1cccc(C(=O)NC(c2cnn(C)c2)C2CC(O)C2)c1OC. The Labute approximate surface area is 146 Å². The van der Waals surface area contributed by atoms with Crippen LogP contribution in [0.1, 0.15) is 34.8 Å². The summed E-state index contributed by atoms with van der Waals surface area (Å²) in [4.78, 5) is 12.9. The number of aromatic nitrogens is 2. The van der Waals surface area contributed by atoms with E-state index in [2.05, 4.69) is 10.4 Å². The van der Waals surface area contributed by atoms with Crippen molar-refractivity contribution in [2.45, 2.75) is 25.0 Å². The Bertz CT molecular complexity index is 753. The molecular formula is C18H23N3O4. The van der Waals surface area contributed by atoms with Gasteiger partial charge in [0, 0.05) is 18.8 Å². The zero-order valence-electron chi connectivity index (χ0n) is 14.6. The molecule has 0 aliphatic heterocycles. The summed E-state index contributed by atoms with van der Waals surface area (Å²) < 4.78 is 12.3. The highest BCUT2D eigenvalue weighted by Crippen LogP contribution is 2.39. The number of amides is 1. The fourth-order valence-electron chi connectivity index (χ4n) is 3.26. The lowest BCUT2D eigenvalue weighted by atomic mass is 9.75. The zero-order chi connectivity index (χ0) is 18.0. The molecule has 7 heteroatoms. The molecule has 0 bridgehead atoms. The second kappa shape index (κ2) is 7.14. The molecule has 0 saturated heterocycles. The first-order valence-electron chi connectivity index (χ1n) is 8.22. The number of aryl methyl sites for hydroxylation is 1. The van der Waals surface area contributed by atoms with Crippen LogP contribution in [0.2, 0.25) is 0 Å². The van der Waals surface area contributed by atoms with Crippen LogP contribution in [-0.4, -0.2) is 41.1 Å². The molecule has 1 amide bonds. The summed E-state index contributed by atoms with van der Waals surface area (Å²) in [6.45, 7) is 0. The van der Waals surface area contributed by atoms with E-state index in [9.17, 15) is 9.90 Å². The molecular weight excluding hydrogens is 322 g/mol. The average Bonchev–Trinajstić information content (AvgIpc) is 3.02. The minimum absolute atomic E-state index is 0.180. The van der Waals surface area contributed by atoms with E-state index in [1.807, 2.05) is 13.2 Å². The Morgan fingerprint density at radius 3 is 2.68 bits per heavy atom. The standard InChI is InChI=1S/C18H23N3O4/c1-21-10-12(9-19-21)16(11-7-13(22)8-11)20-18(23)14-5-4-6-15(24-2)17(14)25-3/h4-6,9-11,13,16,22H,7-8H2,1-3H3,(H,20,23). The van der Waals surface area contributed by atoms with Gasteiger partial charge >= 0.3 is 0 Å². The lowest BCUT2D eigenvalue weighted by Gasteiger charge is -2.37. The van der Waals surface area contributed by atoms with Crippen molar-refractivity contribution in [2.75, 3.05) is 14.2 Å². The minimum Gasteiger partial charge on any atom is -0.493 e. The molecule has 0 spiro atoms. The number of nitrogens with zero attached hydrogens (tertiary/aromatic N) is 2. The third-order valence-corrected chi connectivity index (χ3v) is 4.64. The Morgan fingerprint density at radius 2 is 2.12 bits per heavy atom. The molecule has 134 valence electrons. The Morgan fingerprint density at radius 1 is 1.36 bits per heavy atom. The van der Waals surface area contributed by atoms with Crippen molar-refractivity contribution < 1.29 is 19.4 Å². The smallest absolute Gasteiger partial charge is 0.255 e. The first-order chi connectivity index (χ1) is 12.0. The van der Waals surface area contributed by atoms with Gasteiger partial charge in [-0.3, -0.25) is 9.48 Å². The van der Waals surface area contributed by atoms with Crippen molar-refractivity contribution in [3.8, 4) is 11.5 Å². The molecule has 2 aromatic rings. The van der Waals surface area contributed by atoms with Crippen LogP contribution in [0.25, 0.3) is 0 Å². The predicted octanol–water partition coefficient (Wildman–Crippen LogP) is 1.68. The van der Waals surface area contributed by atoms with Crippen LogP contribution in [0.3, 0.4) is 0 Å². The molecule has 1 heterocycles. The summed E-state index contributed by atoms with van der Waals surface area (Å²) in [5.41, 5.74) is 1.34. The van der Waals surface area contributed by atoms with Gasteiger partial charge in [-0.2, -0.15) is 5.10 Å². The van der Waals surface area contributed by atoms with Gasteiger partial charge in [0.1, 0.15) is 0 Å². The number of hydrogen-bond acceptors (Lipinski definition) is 5. The van der Waals surface area contributed by atoms with Gasteiger partial charge in [0.25, 0.3) is 5.91 Å². The fraction of sp³-hybridized carbons (Fsp3) is 0.444. The summed E-state index contributed by atoms with van der Waals surface area (Å²) >= 11 is 0. The Balaban J connectivity index is 1.86. The van der Waals surface area contributed by atoms with Gasteiger partial charge in [0.15, 0.2) is 11.5 Å². The van der Waals surface area contributed by atoms with Gasteiger partial charge in [0.2, 0.25) is 0 Å². The van der Waals surface area contributed by atoms with Crippen molar-refractivity contribution in [1.29, 1.82) is 0 Å². The van der Waals surface area contributed by atoms with E-state index in [1.165, 1.54) is 14.2 Å². The number of nitrogens with one attached hydrogen (secondary N) is 1. The van der Waals surface area contributed by atoms with E-state index < -0.39 is 0 Å².